The monoisotopic (exact) mass is 309 g/mol. The topological polar surface area (TPSA) is 20.3 Å². The second kappa shape index (κ2) is 5.87. The van der Waals surface area contributed by atoms with Crippen LogP contribution < -0.4 is 0 Å². The van der Waals surface area contributed by atoms with Crippen LogP contribution in [0.25, 0.3) is 0 Å². The molecule has 0 spiro atoms. The minimum atomic E-state index is 0.161. The van der Waals surface area contributed by atoms with Crippen LogP contribution in [-0.2, 0) is 0 Å². The molecule has 1 fully saturated rings. The molecule has 0 aliphatic heterocycles. The number of amides is 1. The molecule has 0 radical (unpaired) electrons. The smallest absolute Gasteiger partial charge is 0.253 e. The molecule has 0 unspecified atom stereocenters. The standard InChI is InChI=1S/C15H20BrNO/c1-3-17(10-12-5-4-6-12)15(18)13-7-11(2)8-14(16)9-13/h7-9,12H,3-6,10H2,1-2H3. The van der Waals surface area contributed by atoms with E-state index in [9.17, 15) is 4.79 Å². The van der Waals surface area contributed by atoms with Crippen LogP contribution in [0.2, 0.25) is 0 Å². The van der Waals surface area contributed by atoms with Gasteiger partial charge in [-0.05, 0) is 56.4 Å². The highest BCUT2D eigenvalue weighted by Crippen LogP contribution is 2.27. The summed E-state index contributed by atoms with van der Waals surface area (Å²) in [6, 6.07) is 5.91. The van der Waals surface area contributed by atoms with Crippen molar-refractivity contribution < 1.29 is 4.79 Å². The average Bonchev–Trinajstić information content (AvgIpc) is 2.26. The molecule has 98 valence electrons. The molecule has 0 atom stereocenters. The van der Waals surface area contributed by atoms with E-state index in [2.05, 4.69) is 22.9 Å². The van der Waals surface area contributed by atoms with Gasteiger partial charge in [0.25, 0.3) is 5.91 Å². The Morgan fingerprint density at radius 3 is 2.61 bits per heavy atom. The molecule has 1 amide bonds. The van der Waals surface area contributed by atoms with Crippen LogP contribution in [0.15, 0.2) is 22.7 Å². The van der Waals surface area contributed by atoms with Crippen LogP contribution in [-0.4, -0.2) is 23.9 Å². The maximum Gasteiger partial charge on any atom is 0.253 e. The predicted molar refractivity (Wildman–Crippen MR) is 77.8 cm³/mol. The van der Waals surface area contributed by atoms with Crippen molar-refractivity contribution >= 4 is 21.8 Å². The third-order valence-electron chi connectivity index (χ3n) is 3.66. The minimum Gasteiger partial charge on any atom is -0.339 e. The molecular formula is C15H20BrNO. The summed E-state index contributed by atoms with van der Waals surface area (Å²) in [6.45, 7) is 5.78. The van der Waals surface area contributed by atoms with Crippen molar-refractivity contribution in [1.82, 2.24) is 4.90 Å². The predicted octanol–water partition coefficient (Wildman–Crippen LogP) is 4.02. The number of benzene rings is 1. The van der Waals surface area contributed by atoms with Gasteiger partial charge in [0.2, 0.25) is 0 Å². The number of hydrogen-bond acceptors (Lipinski definition) is 1. The van der Waals surface area contributed by atoms with E-state index >= 15 is 0 Å². The van der Waals surface area contributed by atoms with Crippen LogP contribution in [0.3, 0.4) is 0 Å². The summed E-state index contributed by atoms with van der Waals surface area (Å²) in [7, 11) is 0. The molecule has 3 heteroatoms. The summed E-state index contributed by atoms with van der Waals surface area (Å²) in [5.41, 5.74) is 1.91. The fourth-order valence-corrected chi connectivity index (χ4v) is 2.99. The summed E-state index contributed by atoms with van der Waals surface area (Å²) >= 11 is 3.46. The van der Waals surface area contributed by atoms with E-state index in [0.29, 0.717) is 0 Å². The first-order valence-corrected chi connectivity index (χ1v) is 7.46. The van der Waals surface area contributed by atoms with Crippen LogP contribution in [0.5, 0.6) is 0 Å². The number of rotatable bonds is 4. The maximum absolute atomic E-state index is 12.5. The molecule has 0 bridgehead atoms. The molecule has 0 aromatic heterocycles. The molecule has 0 saturated heterocycles. The van der Waals surface area contributed by atoms with E-state index < -0.39 is 0 Å². The van der Waals surface area contributed by atoms with Crippen molar-refractivity contribution in [3.05, 3.63) is 33.8 Å². The Morgan fingerprint density at radius 1 is 1.39 bits per heavy atom. The van der Waals surface area contributed by atoms with Crippen LogP contribution in [0, 0.1) is 12.8 Å². The van der Waals surface area contributed by atoms with Crippen molar-refractivity contribution in [2.75, 3.05) is 13.1 Å². The Kier molecular flexibility index (Phi) is 4.44. The van der Waals surface area contributed by atoms with E-state index in [-0.39, 0.29) is 5.91 Å². The first-order valence-electron chi connectivity index (χ1n) is 6.66. The van der Waals surface area contributed by atoms with Gasteiger partial charge in [-0.3, -0.25) is 4.79 Å². The van der Waals surface area contributed by atoms with E-state index in [1.54, 1.807) is 0 Å². The van der Waals surface area contributed by atoms with Gasteiger partial charge >= 0.3 is 0 Å². The highest BCUT2D eigenvalue weighted by Gasteiger charge is 2.23. The Bertz CT molecular complexity index is 420. The van der Waals surface area contributed by atoms with Gasteiger partial charge in [-0.1, -0.05) is 22.4 Å². The van der Waals surface area contributed by atoms with Crippen molar-refractivity contribution in [2.45, 2.75) is 33.1 Å². The second-order valence-electron chi connectivity index (χ2n) is 5.16. The zero-order valence-electron chi connectivity index (χ0n) is 11.1. The van der Waals surface area contributed by atoms with Gasteiger partial charge in [0.05, 0.1) is 0 Å². The van der Waals surface area contributed by atoms with Gasteiger partial charge in [0, 0.05) is 23.1 Å². The average molecular weight is 310 g/mol. The lowest BCUT2D eigenvalue weighted by Gasteiger charge is -2.32. The Hall–Kier alpha value is -0.830. The lowest BCUT2D eigenvalue weighted by atomic mass is 9.85. The molecule has 1 aliphatic rings. The number of carbonyl (C=O) groups excluding carboxylic acids is 1. The van der Waals surface area contributed by atoms with Gasteiger partial charge in [-0.2, -0.15) is 0 Å². The molecule has 1 aromatic rings. The normalized spacial score (nSPS) is 15.3. The van der Waals surface area contributed by atoms with Gasteiger partial charge in [-0.25, -0.2) is 0 Å². The number of nitrogens with zero attached hydrogens (tertiary/aromatic N) is 1. The first kappa shape index (κ1) is 13.6. The maximum atomic E-state index is 12.5. The SMILES string of the molecule is CCN(CC1CCC1)C(=O)c1cc(C)cc(Br)c1. The number of carbonyl (C=O) groups is 1. The quantitative estimate of drug-likeness (QED) is 0.822. The molecule has 0 N–H and O–H groups in total. The third kappa shape index (κ3) is 3.14. The van der Waals surface area contributed by atoms with Crippen LogP contribution in [0.1, 0.15) is 42.1 Å². The summed E-state index contributed by atoms with van der Waals surface area (Å²) < 4.78 is 0.977. The molecule has 1 aliphatic carbocycles. The van der Waals surface area contributed by atoms with E-state index in [4.69, 9.17) is 0 Å². The molecule has 1 aromatic carbocycles. The largest absolute Gasteiger partial charge is 0.339 e. The van der Waals surface area contributed by atoms with Gasteiger partial charge in [-0.15, -0.1) is 0 Å². The zero-order valence-corrected chi connectivity index (χ0v) is 12.7. The lowest BCUT2D eigenvalue weighted by Crippen LogP contribution is -2.37. The summed E-state index contributed by atoms with van der Waals surface area (Å²) in [4.78, 5) is 14.4. The highest BCUT2D eigenvalue weighted by atomic mass is 79.9. The Morgan fingerprint density at radius 2 is 2.11 bits per heavy atom. The summed E-state index contributed by atoms with van der Waals surface area (Å²) in [5.74, 6) is 0.885. The number of hydrogen-bond donors (Lipinski definition) is 0. The van der Waals surface area contributed by atoms with E-state index in [0.717, 1.165) is 34.6 Å². The zero-order chi connectivity index (χ0) is 13.1. The van der Waals surface area contributed by atoms with E-state index in [1.165, 1.54) is 19.3 Å². The Balaban J connectivity index is 2.11. The molecule has 2 rings (SSSR count). The second-order valence-corrected chi connectivity index (χ2v) is 6.07. The molecule has 2 nitrogen and oxygen atoms in total. The summed E-state index contributed by atoms with van der Waals surface area (Å²) in [6.07, 6.45) is 3.88. The fraction of sp³-hybridized carbons (Fsp3) is 0.533. The third-order valence-corrected chi connectivity index (χ3v) is 4.12. The lowest BCUT2D eigenvalue weighted by molar-refractivity contribution is 0.0706. The van der Waals surface area contributed by atoms with Gasteiger partial charge < -0.3 is 4.90 Å². The van der Waals surface area contributed by atoms with Crippen LogP contribution in [0.4, 0.5) is 0 Å². The van der Waals surface area contributed by atoms with E-state index in [1.807, 2.05) is 30.0 Å². The fourth-order valence-electron chi connectivity index (χ4n) is 2.39. The van der Waals surface area contributed by atoms with Crippen molar-refractivity contribution in [3.8, 4) is 0 Å². The number of aryl methyl sites for hydroxylation is 1. The summed E-state index contributed by atoms with van der Waals surface area (Å²) in [5, 5.41) is 0. The van der Waals surface area contributed by atoms with Crippen LogP contribution >= 0.6 is 15.9 Å². The van der Waals surface area contributed by atoms with Crippen molar-refractivity contribution in [1.29, 1.82) is 0 Å². The molecule has 1 saturated carbocycles. The molecule has 18 heavy (non-hydrogen) atoms. The Labute approximate surface area is 117 Å². The number of halogens is 1. The highest BCUT2D eigenvalue weighted by molar-refractivity contribution is 9.10. The van der Waals surface area contributed by atoms with Crippen molar-refractivity contribution in [3.63, 3.8) is 0 Å². The van der Waals surface area contributed by atoms with Gasteiger partial charge in [0.1, 0.15) is 0 Å². The first-order chi connectivity index (χ1) is 8.60. The molecular weight excluding hydrogens is 290 g/mol. The van der Waals surface area contributed by atoms with Gasteiger partial charge in [0.15, 0.2) is 0 Å². The minimum absolute atomic E-state index is 0.161. The van der Waals surface area contributed by atoms with Crippen molar-refractivity contribution in [2.24, 2.45) is 5.92 Å². The molecule has 0 heterocycles.